The molecule has 3 heterocycles. The van der Waals surface area contributed by atoms with Crippen LogP contribution in [0.4, 0.5) is 0 Å². The van der Waals surface area contributed by atoms with Gasteiger partial charge in [-0.3, -0.25) is 9.20 Å². The van der Waals surface area contributed by atoms with Crippen molar-refractivity contribution in [2.45, 2.75) is 6.92 Å². The molecule has 0 atom stereocenters. The Hall–Kier alpha value is -2.50. The van der Waals surface area contributed by atoms with Gasteiger partial charge in [0.2, 0.25) is 5.78 Å². The van der Waals surface area contributed by atoms with Gasteiger partial charge in [-0.05, 0) is 19.1 Å². The first-order valence-corrected chi connectivity index (χ1v) is 5.61. The zero-order chi connectivity index (χ0) is 12.4. The number of aromatic nitrogens is 5. The number of rotatable bonds is 0. The van der Waals surface area contributed by atoms with Crippen LogP contribution in [0.1, 0.15) is 11.5 Å². The molecule has 0 N–H and O–H groups in total. The van der Waals surface area contributed by atoms with Crippen molar-refractivity contribution in [3.8, 4) is 0 Å². The van der Waals surface area contributed by atoms with E-state index in [1.54, 1.807) is 4.57 Å². The van der Waals surface area contributed by atoms with Gasteiger partial charge < -0.3 is 4.57 Å². The molecule has 3 aromatic rings. The third-order valence-electron chi connectivity index (χ3n) is 3.35. The summed E-state index contributed by atoms with van der Waals surface area (Å²) in [5.41, 5.74) is 1.69. The second-order valence-corrected chi connectivity index (χ2v) is 4.35. The Kier molecular flexibility index (Phi) is 1.50. The lowest BCUT2D eigenvalue weighted by atomic mass is 10.5. The molecule has 88 valence electrons. The lowest BCUT2D eigenvalue weighted by molar-refractivity contribution is 0.880. The first kappa shape index (κ1) is 9.52. The largest absolute Gasteiger partial charge is 0.325 e. The fourth-order valence-electron chi connectivity index (χ4n) is 2.37. The van der Waals surface area contributed by atoms with Crippen LogP contribution in [-0.2, 0) is 7.05 Å². The first-order chi connectivity index (χ1) is 8.66. The van der Waals surface area contributed by atoms with E-state index in [4.69, 9.17) is 0 Å². The Bertz CT molecular complexity index is 960. The number of hydrogen-bond donors (Lipinski definition) is 0. The van der Waals surface area contributed by atoms with Crippen LogP contribution in [0.25, 0.3) is 29.1 Å². The van der Waals surface area contributed by atoms with Gasteiger partial charge in [0.25, 0.3) is 0 Å². The highest BCUT2D eigenvalue weighted by Crippen LogP contribution is 2.12. The van der Waals surface area contributed by atoms with Crippen LogP contribution in [0.15, 0.2) is 10.9 Å². The third kappa shape index (κ3) is 0.935. The summed E-state index contributed by atoms with van der Waals surface area (Å²) in [7, 11) is 1.82. The van der Waals surface area contributed by atoms with E-state index in [0.29, 0.717) is 16.9 Å². The Balaban J connectivity index is 2.42. The zero-order valence-corrected chi connectivity index (χ0v) is 9.88. The van der Waals surface area contributed by atoms with Crippen LogP contribution < -0.4 is 10.9 Å². The van der Waals surface area contributed by atoms with Crippen molar-refractivity contribution in [3.05, 3.63) is 33.3 Å². The van der Waals surface area contributed by atoms with Crippen LogP contribution in [-0.4, -0.2) is 23.9 Å². The Morgan fingerprint density at radius 2 is 2.06 bits per heavy atom. The molecule has 0 aliphatic heterocycles. The summed E-state index contributed by atoms with van der Waals surface area (Å²) in [5, 5.41) is 0.931. The van der Waals surface area contributed by atoms with Crippen molar-refractivity contribution >= 4 is 29.1 Å². The van der Waals surface area contributed by atoms with Crippen molar-refractivity contribution in [1.82, 2.24) is 23.9 Å². The van der Waals surface area contributed by atoms with Gasteiger partial charge in [-0.2, -0.15) is 4.98 Å². The number of aryl methyl sites for hydroxylation is 2. The van der Waals surface area contributed by atoms with Crippen molar-refractivity contribution in [1.29, 1.82) is 0 Å². The lowest BCUT2D eigenvalue weighted by Gasteiger charge is -1.96. The highest BCUT2D eigenvalue weighted by Gasteiger charge is 2.17. The molecule has 18 heavy (non-hydrogen) atoms. The lowest BCUT2D eigenvalue weighted by Crippen LogP contribution is -2.17. The molecule has 0 spiro atoms. The maximum Gasteiger partial charge on any atom is 0.300 e. The topological polar surface area (TPSA) is 65.1 Å². The minimum atomic E-state index is -0.284. The summed E-state index contributed by atoms with van der Waals surface area (Å²) in [6.45, 7) is 1.87. The molecule has 0 fully saturated rings. The molecule has 6 nitrogen and oxygen atoms in total. The van der Waals surface area contributed by atoms with E-state index in [1.807, 2.05) is 36.6 Å². The maximum atomic E-state index is 12.0. The zero-order valence-electron chi connectivity index (χ0n) is 9.88. The summed E-state index contributed by atoms with van der Waals surface area (Å²) >= 11 is 0. The fourth-order valence-corrected chi connectivity index (χ4v) is 2.37. The minimum absolute atomic E-state index is 0.284. The van der Waals surface area contributed by atoms with Gasteiger partial charge >= 0.3 is 5.56 Å². The molecule has 4 rings (SSSR count). The second-order valence-electron chi connectivity index (χ2n) is 4.35. The second kappa shape index (κ2) is 2.84. The summed E-state index contributed by atoms with van der Waals surface area (Å²) in [5.74, 6) is 1.20. The highest BCUT2D eigenvalue weighted by atomic mass is 16.1. The molecule has 3 aromatic heterocycles. The molecule has 0 aromatic carbocycles. The normalized spacial score (nSPS) is 13.4. The number of nitrogens with zero attached hydrogens (tertiary/aromatic N) is 5. The smallest absolute Gasteiger partial charge is 0.300 e. The van der Waals surface area contributed by atoms with Crippen LogP contribution >= 0.6 is 0 Å². The van der Waals surface area contributed by atoms with Gasteiger partial charge in [-0.1, -0.05) is 6.08 Å². The number of imidazole rings is 2. The van der Waals surface area contributed by atoms with Crippen molar-refractivity contribution in [3.63, 3.8) is 0 Å². The van der Waals surface area contributed by atoms with Gasteiger partial charge in [-0.25, -0.2) is 9.97 Å². The predicted molar refractivity (Wildman–Crippen MR) is 67.0 cm³/mol. The predicted octanol–water partition coefficient (Wildman–Crippen LogP) is -0.189. The van der Waals surface area contributed by atoms with Crippen LogP contribution in [0.3, 0.4) is 0 Å². The third-order valence-corrected chi connectivity index (χ3v) is 3.35. The maximum absolute atomic E-state index is 12.0. The Morgan fingerprint density at radius 1 is 1.22 bits per heavy atom. The number of allylic oxidation sites excluding steroid dienone is 1. The van der Waals surface area contributed by atoms with E-state index in [1.165, 1.54) is 0 Å². The molecule has 0 unspecified atom stereocenters. The van der Waals surface area contributed by atoms with E-state index < -0.39 is 0 Å². The summed E-state index contributed by atoms with van der Waals surface area (Å²) in [6, 6.07) is 0. The van der Waals surface area contributed by atoms with Crippen LogP contribution in [0, 0.1) is 6.92 Å². The molecule has 0 saturated heterocycles. The van der Waals surface area contributed by atoms with Crippen molar-refractivity contribution in [2.24, 2.45) is 7.05 Å². The quantitative estimate of drug-likeness (QED) is 0.545. The minimum Gasteiger partial charge on any atom is -0.325 e. The summed E-state index contributed by atoms with van der Waals surface area (Å²) in [4.78, 5) is 24.8. The highest BCUT2D eigenvalue weighted by molar-refractivity contribution is 5.76. The van der Waals surface area contributed by atoms with E-state index in [2.05, 4.69) is 15.0 Å². The number of fused-ring (bicyclic) bond motifs is 5. The van der Waals surface area contributed by atoms with Gasteiger partial charge in [0, 0.05) is 7.05 Å². The molecule has 6 heteroatoms. The molecule has 0 bridgehead atoms. The molecular weight excluding hydrogens is 230 g/mol. The van der Waals surface area contributed by atoms with Crippen molar-refractivity contribution in [2.75, 3.05) is 0 Å². The molecule has 0 saturated carbocycles. The first-order valence-electron chi connectivity index (χ1n) is 5.61. The molecule has 0 radical (unpaired) electrons. The Labute approximate surface area is 101 Å². The average Bonchev–Trinajstić information content (AvgIpc) is 2.93. The number of hydrogen-bond acceptors (Lipinski definition) is 4. The van der Waals surface area contributed by atoms with E-state index in [0.717, 1.165) is 16.9 Å². The van der Waals surface area contributed by atoms with Gasteiger partial charge in [0.15, 0.2) is 11.2 Å². The molecule has 0 amide bonds. The van der Waals surface area contributed by atoms with E-state index >= 15 is 0 Å². The van der Waals surface area contributed by atoms with Crippen LogP contribution in [0.2, 0.25) is 0 Å². The summed E-state index contributed by atoms with van der Waals surface area (Å²) < 4.78 is 3.60. The average molecular weight is 239 g/mol. The van der Waals surface area contributed by atoms with Gasteiger partial charge in [0.1, 0.15) is 5.82 Å². The molecule has 1 aliphatic rings. The molecular formula is C12H9N5O. The van der Waals surface area contributed by atoms with E-state index in [9.17, 15) is 4.79 Å². The molecule has 1 aliphatic carbocycles. The van der Waals surface area contributed by atoms with Gasteiger partial charge in [0.05, 0.1) is 11.0 Å². The fraction of sp³-hybridized carbons (Fsp3) is 0.167. The monoisotopic (exact) mass is 239 g/mol. The summed E-state index contributed by atoms with van der Waals surface area (Å²) in [6.07, 6.45) is 5.78. The van der Waals surface area contributed by atoms with Gasteiger partial charge in [-0.15, -0.1) is 0 Å². The standard InChI is InChI=1S/C12H9N5O/c1-6-13-10-9(16(6)2)11(18)15-12-14-7-4-3-5-8(7)17(10)12/h3-5H,1-2H3. The Morgan fingerprint density at radius 3 is 2.89 bits per heavy atom. The SMILES string of the molecule is Cc1nc2c(c(=O)nc3nc4c(n32)=CC=C4)n1C. The van der Waals surface area contributed by atoms with Crippen molar-refractivity contribution < 1.29 is 0 Å². The van der Waals surface area contributed by atoms with Crippen LogP contribution in [0.5, 0.6) is 0 Å². The van der Waals surface area contributed by atoms with E-state index in [-0.39, 0.29) is 5.56 Å².